The molecule has 0 aromatic heterocycles. The molecule has 0 aliphatic carbocycles. The lowest BCUT2D eigenvalue weighted by molar-refractivity contribution is 0.364. The molecule has 0 saturated heterocycles. The second kappa shape index (κ2) is 4.13. The van der Waals surface area contributed by atoms with Crippen molar-refractivity contribution in [2.45, 2.75) is 0 Å². The molecule has 0 aliphatic rings. The summed E-state index contributed by atoms with van der Waals surface area (Å²) in [5.41, 5.74) is 0. The molecule has 1 rings (SSSR count). The lowest BCUT2D eigenvalue weighted by Crippen LogP contribution is -1.96. The van der Waals surface area contributed by atoms with Crippen molar-refractivity contribution in [2.75, 3.05) is 6.61 Å². The molecule has 1 aromatic rings. The van der Waals surface area contributed by atoms with Gasteiger partial charge in [0.2, 0.25) is 6.29 Å². The molecule has 0 N–H and O–H groups in total. The smallest absolute Gasteiger partial charge is 0.239 e. The van der Waals surface area contributed by atoms with Gasteiger partial charge in [0.1, 0.15) is 5.75 Å². The largest absolute Gasteiger partial charge is 0.485 e. The van der Waals surface area contributed by atoms with Crippen molar-refractivity contribution in [1.82, 2.24) is 0 Å². The average molecular weight is 214 g/mol. The van der Waals surface area contributed by atoms with Crippen LogP contribution in [0.25, 0.3) is 0 Å². The van der Waals surface area contributed by atoms with Gasteiger partial charge in [-0.3, -0.25) is 4.79 Å². The maximum absolute atomic E-state index is 9.80. The van der Waals surface area contributed by atoms with Gasteiger partial charge < -0.3 is 4.74 Å². The predicted octanol–water partition coefficient (Wildman–Crippen LogP) is 1.94. The van der Waals surface area contributed by atoms with Crippen molar-refractivity contribution in [3.05, 3.63) is 28.7 Å². The molecule has 0 aliphatic heterocycles. The summed E-state index contributed by atoms with van der Waals surface area (Å²) >= 11 is 3.28. The molecule has 3 heteroatoms. The van der Waals surface area contributed by atoms with E-state index in [1.807, 2.05) is 12.1 Å². The van der Waals surface area contributed by atoms with E-state index in [1.165, 1.54) is 0 Å². The Kier molecular flexibility index (Phi) is 3.11. The van der Waals surface area contributed by atoms with E-state index in [0.717, 1.165) is 4.47 Å². The zero-order valence-corrected chi connectivity index (χ0v) is 7.30. The van der Waals surface area contributed by atoms with Crippen LogP contribution < -0.4 is 4.74 Å². The Morgan fingerprint density at radius 3 is 3.00 bits per heavy atom. The monoisotopic (exact) mass is 213 g/mol. The number of hydrogen-bond acceptors (Lipinski definition) is 2. The van der Waals surface area contributed by atoms with Crippen LogP contribution >= 0.6 is 15.9 Å². The van der Waals surface area contributed by atoms with Gasteiger partial charge in [-0.2, -0.15) is 0 Å². The Hall–Kier alpha value is -0.830. The van der Waals surface area contributed by atoms with Crippen molar-refractivity contribution in [3.8, 4) is 5.75 Å². The van der Waals surface area contributed by atoms with E-state index in [2.05, 4.69) is 15.9 Å². The maximum atomic E-state index is 9.80. The van der Waals surface area contributed by atoms with Gasteiger partial charge in [-0.15, -0.1) is 0 Å². The fraction of sp³-hybridized carbons (Fsp3) is 0.125. The zero-order valence-electron chi connectivity index (χ0n) is 5.71. The van der Waals surface area contributed by atoms with Crippen molar-refractivity contribution >= 4 is 22.2 Å². The predicted molar refractivity (Wildman–Crippen MR) is 45.3 cm³/mol. The summed E-state index contributed by atoms with van der Waals surface area (Å²) in [6, 6.07) is 7.29. The fourth-order valence-electron chi connectivity index (χ4n) is 0.670. The number of hydrogen-bond donors (Lipinski definition) is 0. The Morgan fingerprint density at radius 1 is 1.55 bits per heavy atom. The molecular weight excluding hydrogens is 208 g/mol. The normalized spacial score (nSPS) is 9.18. The molecular formula is C8H6BrO2. The summed E-state index contributed by atoms with van der Waals surface area (Å²) in [7, 11) is 0. The number of rotatable bonds is 3. The molecule has 11 heavy (non-hydrogen) atoms. The molecule has 57 valence electrons. The molecule has 2 nitrogen and oxygen atoms in total. The maximum Gasteiger partial charge on any atom is 0.239 e. The summed E-state index contributed by atoms with van der Waals surface area (Å²) < 4.78 is 5.91. The molecule has 0 spiro atoms. The van der Waals surface area contributed by atoms with E-state index in [1.54, 1.807) is 18.4 Å². The van der Waals surface area contributed by atoms with Crippen molar-refractivity contribution in [1.29, 1.82) is 0 Å². The molecule has 0 amide bonds. The third-order valence-corrected chi connectivity index (χ3v) is 1.59. The first-order valence-corrected chi connectivity index (χ1v) is 3.85. The van der Waals surface area contributed by atoms with Crippen LogP contribution in [0.5, 0.6) is 5.75 Å². The van der Waals surface area contributed by atoms with Gasteiger partial charge in [-0.25, -0.2) is 0 Å². The zero-order chi connectivity index (χ0) is 8.10. The van der Waals surface area contributed by atoms with Crippen LogP contribution in [0.1, 0.15) is 0 Å². The second-order valence-electron chi connectivity index (χ2n) is 1.89. The van der Waals surface area contributed by atoms with Gasteiger partial charge in [-0.1, -0.05) is 22.0 Å². The highest BCUT2D eigenvalue weighted by molar-refractivity contribution is 9.10. The summed E-state index contributed by atoms with van der Waals surface area (Å²) in [4.78, 5) is 9.80. The molecule has 0 atom stereocenters. The molecule has 1 radical (unpaired) electrons. The van der Waals surface area contributed by atoms with E-state index >= 15 is 0 Å². The third-order valence-electron chi connectivity index (χ3n) is 1.09. The van der Waals surface area contributed by atoms with Crippen LogP contribution in [0.4, 0.5) is 0 Å². The Balaban J connectivity index is 2.63. The molecule has 0 bridgehead atoms. The fourth-order valence-corrected chi connectivity index (χ4v) is 1.05. The second-order valence-corrected chi connectivity index (χ2v) is 2.81. The lowest BCUT2D eigenvalue weighted by Gasteiger charge is -2.00. The van der Waals surface area contributed by atoms with Crippen molar-refractivity contribution in [3.63, 3.8) is 0 Å². The van der Waals surface area contributed by atoms with E-state index in [4.69, 9.17) is 4.74 Å². The molecule has 0 unspecified atom stereocenters. The Labute approximate surface area is 73.3 Å². The first kappa shape index (κ1) is 8.27. The van der Waals surface area contributed by atoms with Crippen LogP contribution in [0, 0.1) is 0 Å². The van der Waals surface area contributed by atoms with E-state index < -0.39 is 0 Å². The van der Waals surface area contributed by atoms with Gasteiger partial charge in [-0.05, 0) is 18.2 Å². The van der Waals surface area contributed by atoms with Gasteiger partial charge >= 0.3 is 0 Å². The van der Waals surface area contributed by atoms with Crippen LogP contribution in [-0.4, -0.2) is 12.9 Å². The number of carbonyl (C=O) groups excluding carboxylic acids is 1. The summed E-state index contributed by atoms with van der Waals surface area (Å²) in [5, 5.41) is 0. The Bertz CT molecular complexity index is 248. The summed E-state index contributed by atoms with van der Waals surface area (Å²) in [6.45, 7) is -0.0174. The third kappa shape index (κ3) is 2.72. The minimum atomic E-state index is -0.0174. The van der Waals surface area contributed by atoms with Crippen molar-refractivity contribution < 1.29 is 9.53 Å². The van der Waals surface area contributed by atoms with Gasteiger partial charge in [0, 0.05) is 4.47 Å². The highest BCUT2D eigenvalue weighted by Gasteiger charge is 1.92. The topological polar surface area (TPSA) is 26.3 Å². The minimum Gasteiger partial charge on any atom is -0.485 e. The summed E-state index contributed by atoms with van der Waals surface area (Å²) in [6.07, 6.45) is 1.65. The van der Waals surface area contributed by atoms with E-state index in [9.17, 15) is 4.79 Å². The standard InChI is InChI=1S/C8H6BrO2/c9-7-2-1-3-8(6-7)11-5-4-10/h1-3,6H,5H2. The average Bonchev–Trinajstić information content (AvgIpc) is 2.01. The number of halogens is 1. The first-order chi connectivity index (χ1) is 5.33. The number of benzene rings is 1. The van der Waals surface area contributed by atoms with Crippen LogP contribution in [0.2, 0.25) is 0 Å². The lowest BCUT2D eigenvalue weighted by atomic mass is 10.3. The van der Waals surface area contributed by atoms with Gasteiger partial charge in [0.05, 0.1) is 0 Å². The Morgan fingerprint density at radius 2 is 2.36 bits per heavy atom. The molecule has 0 fully saturated rings. The van der Waals surface area contributed by atoms with E-state index in [0.29, 0.717) is 5.75 Å². The first-order valence-electron chi connectivity index (χ1n) is 3.06. The number of ether oxygens (including phenoxy) is 1. The summed E-state index contributed by atoms with van der Waals surface area (Å²) in [5.74, 6) is 0.669. The van der Waals surface area contributed by atoms with E-state index in [-0.39, 0.29) is 6.61 Å². The van der Waals surface area contributed by atoms with Gasteiger partial charge in [0.25, 0.3) is 0 Å². The van der Waals surface area contributed by atoms with Crippen LogP contribution in [0.15, 0.2) is 28.7 Å². The highest BCUT2D eigenvalue weighted by atomic mass is 79.9. The van der Waals surface area contributed by atoms with Crippen LogP contribution in [-0.2, 0) is 4.79 Å². The molecule has 0 heterocycles. The minimum absolute atomic E-state index is 0.0174. The SMILES string of the molecule is O=[C]COc1cccc(Br)c1. The van der Waals surface area contributed by atoms with Crippen LogP contribution in [0.3, 0.4) is 0 Å². The van der Waals surface area contributed by atoms with Crippen molar-refractivity contribution in [2.24, 2.45) is 0 Å². The molecule has 0 saturated carbocycles. The quantitative estimate of drug-likeness (QED) is 0.768. The molecule has 1 aromatic carbocycles. The van der Waals surface area contributed by atoms with Gasteiger partial charge in [0.15, 0.2) is 6.61 Å². The highest BCUT2D eigenvalue weighted by Crippen LogP contribution is 2.17.